The van der Waals surface area contributed by atoms with Crippen LogP contribution in [0.4, 0.5) is 18.9 Å². The third-order valence-corrected chi connectivity index (χ3v) is 5.95. The van der Waals surface area contributed by atoms with E-state index in [4.69, 9.17) is 4.42 Å². The molecule has 2 aromatic carbocycles. The Morgan fingerprint density at radius 3 is 2.43 bits per heavy atom. The number of rotatable bonds is 4. The number of hydrogen-bond donors (Lipinski definition) is 1. The normalized spacial score (nSPS) is 14.1. The van der Waals surface area contributed by atoms with E-state index in [0.717, 1.165) is 25.2 Å². The van der Waals surface area contributed by atoms with Crippen LogP contribution >= 0.6 is 0 Å². The second-order valence-corrected chi connectivity index (χ2v) is 9.53. The fraction of sp³-hybridized carbons (Fsp3) is 0.217. The predicted molar refractivity (Wildman–Crippen MR) is 121 cm³/mol. The Morgan fingerprint density at radius 1 is 1.17 bits per heavy atom. The summed E-state index contributed by atoms with van der Waals surface area (Å²) in [4.78, 5) is 28.2. The maximum atomic E-state index is 13.0. The highest BCUT2D eigenvalue weighted by Crippen LogP contribution is 2.27. The molecular weight excluding hydrogens is 489 g/mol. The Balaban J connectivity index is 1.63. The smallest absolute Gasteiger partial charge is 0.463 e. The van der Waals surface area contributed by atoms with Gasteiger partial charge in [0.2, 0.25) is 0 Å². The average Bonchev–Trinajstić information content (AvgIpc) is 2.75. The van der Waals surface area contributed by atoms with Gasteiger partial charge in [0.15, 0.2) is 5.43 Å². The van der Waals surface area contributed by atoms with E-state index < -0.39 is 22.2 Å². The first-order chi connectivity index (χ1) is 16.4. The topological polar surface area (TPSA) is 106 Å². The first kappa shape index (κ1) is 24.3. The minimum Gasteiger partial charge on any atom is -0.463 e. The minimum absolute atomic E-state index is 0.140. The molecule has 0 saturated carbocycles. The first-order valence-electron chi connectivity index (χ1n) is 10.1. The van der Waals surface area contributed by atoms with Gasteiger partial charge in [-0.25, -0.2) is 13.2 Å². The number of hydrogen-bond acceptors (Lipinski definition) is 7. The summed E-state index contributed by atoms with van der Waals surface area (Å²) in [5.41, 5.74) is 0.729. The van der Waals surface area contributed by atoms with E-state index in [1.165, 1.54) is 18.4 Å². The van der Waals surface area contributed by atoms with Crippen LogP contribution in [0.1, 0.15) is 5.56 Å². The van der Waals surface area contributed by atoms with Crippen LogP contribution in [-0.4, -0.2) is 39.9 Å². The van der Waals surface area contributed by atoms with Crippen LogP contribution in [0.2, 0.25) is 0 Å². The van der Waals surface area contributed by atoms with Crippen LogP contribution in [0.3, 0.4) is 0 Å². The zero-order chi connectivity index (χ0) is 25.4. The van der Waals surface area contributed by atoms with Crippen molar-refractivity contribution >= 4 is 32.6 Å². The number of benzene rings is 2. The van der Waals surface area contributed by atoms with Crippen molar-refractivity contribution in [3.8, 4) is 23.0 Å². The van der Waals surface area contributed by atoms with Gasteiger partial charge in [-0.1, -0.05) is 28.4 Å². The van der Waals surface area contributed by atoms with Gasteiger partial charge in [-0.15, -0.1) is 0 Å². The number of nitrogens with one attached hydrogen (secondary N) is 1. The monoisotopic (exact) mass is 506 g/mol. The molecule has 0 atom stereocenters. The molecule has 0 bridgehead atoms. The fourth-order valence-electron chi connectivity index (χ4n) is 3.18. The Kier molecular flexibility index (Phi) is 6.31. The van der Waals surface area contributed by atoms with Crippen LogP contribution in [0.5, 0.6) is 0 Å². The highest BCUT2D eigenvalue weighted by molar-refractivity contribution is 7.91. The molecule has 12 heteroatoms. The quantitative estimate of drug-likeness (QED) is 0.429. The molecule has 182 valence electrons. The van der Waals surface area contributed by atoms with Gasteiger partial charge in [0.05, 0.1) is 22.9 Å². The molecule has 0 aliphatic carbocycles. The summed E-state index contributed by atoms with van der Waals surface area (Å²) in [5, 5.41) is 3.42. The second kappa shape index (κ2) is 9.09. The Bertz CT molecular complexity index is 1520. The minimum atomic E-state index is -5.40. The molecule has 1 saturated heterocycles. The van der Waals surface area contributed by atoms with E-state index in [-0.39, 0.29) is 21.1 Å². The van der Waals surface area contributed by atoms with Gasteiger partial charge in [0.25, 0.3) is 10.0 Å². The van der Waals surface area contributed by atoms with E-state index in [1.54, 1.807) is 18.2 Å². The molecule has 0 unspecified atom stereocenters. The van der Waals surface area contributed by atoms with Crippen LogP contribution in [0, 0.1) is 17.8 Å². The van der Waals surface area contributed by atoms with E-state index in [2.05, 4.69) is 22.0 Å². The van der Waals surface area contributed by atoms with E-state index in [0.29, 0.717) is 34.3 Å². The van der Waals surface area contributed by atoms with Crippen molar-refractivity contribution in [3.05, 3.63) is 64.5 Å². The highest BCUT2D eigenvalue weighted by atomic mass is 32.2. The molecule has 1 fully saturated rings. The summed E-state index contributed by atoms with van der Waals surface area (Å²) in [6.07, 6.45) is -3.60. The number of carbonyl (C=O) groups excluding carboxylic acids is 1. The fourth-order valence-corrected chi connectivity index (χ4v) is 3.89. The van der Waals surface area contributed by atoms with E-state index >= 15 is 0 Å². The van der Waals surface area contributed by atoms with Crippen LogP contribution in [-0.2, 0) is 19.7 Å². The molecule has 1 aliphatic rings. The molecule has 1 aliphatic heterocycles. The van der Waals surface area contributed by atoms with Crippen molar-refractivity contribution in [3.63, 3.8) is 0 Å². The van der Waals surface area contributed by atoms with Crippen molar-refractivity contribution in [2.75, 3.05) is 23.8 Å². The number of anilines is 1. The van der Waals surface area contributed by atoms with Gasteiger partial charge in [-0.2, -0.15) is 13.2 Å². The number of halogens is 3. The first-order valence-corrected chi connectivity index (χ1v) is 12.0. The van der Waals surface area contributed by atoms with Gasteiger partial charge in [-0.05, 0) is 35.9 Å². The summed E-state index contributed by atoms with van der Waals surface area (Å²) in [6.45, 7) is 1.68. The van der Waals surface area contributed by atoms with Crippen molar-refractivity contribution in [2.45, 2.75) is 6.18 Å². The maximum Gasteiger partial charge on any atom is 0.493 e. The van der Waals surface area contributed by atoms with Crippen molar-refractivity contribution < 1.29 is 35.6 Å². The lowest BCUT2D eigenvalue weighted by atomic mass is 10.0. The Morgan fingerprint density at radius 2 is 1.86 bits per heavy atom. The lowest BCUT2D eigenvalue weighted by Crippen LogP contribution is -2.40. The molecule has 1 N–H and O–H groups in total. The number of alkyl halides is 3. The molecule has 0 spiro atoms. The number of fused-ring (bicyclic) bond motifs is 1. The SMILES string of the molecule is CS(=O)(=O)N(OC(=O)C(F)(F)F)c1ccc(-c2coc3cc(C#CC4CNC4)ccc3c2=O)cc1. The third-order valence-electron chi connectivity index (χ3n) is 5.06. The van der Waals surface area contributed by atoms with Crippen molar-refractivity contribution in [2.24, 2.45) is 5.92 Å². The molecule has 3 aromatic rings. The summed E-state index contributed by atoms with van der Waals surface area (Å²) >= 11 is 0. The summed E-state index contributed by atoms with van der Waals surface area (Å²) in [6, 6.07) is 9.71. The summed E-state index contributed by atoms with van der Waals surface area (Å²) in [7, 11) is -4.40. The number of nitrogens with zero attached hydrogens (tertiary/aromatic N) is 1. The largest absolute Gasteiger partial charge is 0.493 e. The molecular formula is C23H17F3N2O6S. The molecule has 35 heavy (non-hydrogen) atoms. The van der Waals surface area contributed by atoms with Gasteiger partial charge in [-0.3, -0.25) is 4.79 Å². The van der Waals surface area contributed by atoms with Gasteiger partial charge in [0.1, 0.15) is 11.8 Å². The molecule has 0 radical (unpaired) electrons. The number of carbonyl (C=O) groups is 1. The zero-order valence-electron chi connectivity index (χ0n) is 18.0. The Hall–Kier alpha value is -3.82. The standard InChI is InChI=1S/C23H17F3N2O6S/c1-35(31,32)28(34-22(30)23(24,25)26)17-7-5-16(6-8-17)19-13-33-20-10-14(2-3-15-11-27-12-15)4-9-18(20)21(19)29/h4-10,13,15,27H,11-12H2,1H3. The van der Waals surface area contributed by atoms with E-state index in [1.807, 2.05) is 0 Å². The van der Waals surface area contributed by atoms with Crippen LogP contribution < -0.4 is 15.2 Å². The van der Waals surface area contributed by atoms with Crippen LogP contribution in [0.25, 0.3) is 22.1 Å². The lowest BCUT2D eigenvalue weighted by Gasteiger charge is -2.21. The van der Waals surface area contributed by atoms with E-state index in [9.17, 15) is 31.2 Å². The van der Waals surface area contributed by atoms with Gasteiger partial charge >= 0.3 is 12.1 Å². The molecule has 8 nitrogen and oxygen atoms in total. The zero-order valence-corrected chi connectivity index (χ0v) is 18.9. The van der Waals surface area contributed by atoms with Crippen molar-refractivity contribution in [1.29, 1.82) is 0 Å². The lowest BCUT2D eigenvalue weighted by molar-refractivity contribution is -0.199. The Labute approximate surface area is 197 Å². The summed E-state index contributed by atoms with van der Waals surface area (Å²) < 4.78 is 66.9. The van der Waals surface area contributed by atoms with Gasteiger partial charge in [0, 0.05) is 24.6 Å². The second-order valence-electron chi connectivity index (χ2n) is 7.73. The molecule has 2 heterocycles. The maximum absolute atomic E-state index is 13.0. The average molecular weight is 506 g/mol. The van der Waals surface area contributed by atoms with Crippen molar-refractivity contribution in [1.82, 2.24) is 5.32 Å². The third kappa shape index (κ3) is 5.31. The van der Waals surface area contributed by atoms with Crippen LogP contribution in [0.15, 0.2) is 57.9 Å². The molecule has 0 amide bonds. The summed E-state index contributed by atoms with van der Waals surface area (Å²) in [5.74, 6) is 3.76. The molecule has 1 aromatic heterocycles. The predicted octanol–water partition coefficient (Wildman–Crippen LogP) is 2.82. The molecule has 4 rings (SSSR count). The van der Waals surface area contributed by atoms with Gasteiger partial charge < -0.3 is 14.6 Å². The number of sulfonamides is 1. The highest BCUT2D eigenvalue weighted by Gasteiger charge is 2.44.